The molecule has 0 amide bonds. The van der Waals surface area contributed by atoms with E-state index in [9.17, 15) is 62.3 Å². The maximum atomic E-state index is 13.7. The monoisotopic (exact) mass is 486 g/mol. The standard InChI is InChI=1S/C16H18F12O3/c1-3-8(6-7(2)10(30)31)9(29)4-5-12(19,20)14(23,24)16(27,28)15(25,26)13(21,22)11(17)18/h7-8,11H,3-6H2,1-2H3,(H,30,31). The highest BCUT2D eigenvalue weighted by Crippen LogP contribution is 2.58. The van der Waals surface area contributed by atoms with Crippen LogP contribution in [0.2, 0.25) is 0 Å². The van der Waals surface area contributed by atoms with Gasteiger partial charge in [0, 0.05) is 18.8 Å². The van der Waals surface area contributed by atoms with Gasteiger partial charge in [0.15, 0.2) is 0 Å². The number of carbonyl (C=O) groups is 2. The molecule has 2 unspecified atom stereocenters. The fourth-order valence-corrected chi connectivity index (χ4v) is 2.47. The summed E-state index contributed by atoms with van der Waals surface area (Å²) in [5, 5.41) is 8.75. The van der Waals surface area contributed by atoms with Crippen molar-refractivity contribution in [2.75, 3.05) is 0 Å². The first-order valence-corrected chi connectivity index (χ1v) is 8.54. The Morgan fingerprint density at radius 1 is 0.839 bits per heavy atom. The average molecular weight is 486 g/mol. The Bertz CT molecular complexity index is 648. The summed E-state index contributed by atoms with van der Waals surface area (Å²) in [6.45, 7) is 2.40. The van der Waals surface area contributed by atoms with E-state index in [0.717, 1.165) is 6.92 Å². The molecule has 0 aliphatic carbocycles. The van der Waals surface area contributed by atoms with Crippen LogP contribution in [0.3, 0.4) is 0 Å². The molecule has 0 aromatic carbocycles. The number of hydrogen-bond donors (Lipinski definition) is 1. The number of carboxylic acid groups (broad SMARTS) is 1. The lowest BCUT2D eigenvalue weighted by molar-refractivity contribution is -0.413. The second-order valence-corrected chi connectivity index (χ2v) is 6.90. The molecule has 0 rings (SSSR count). The Morgan fingerprint density at radius 3 is 1.65 bits per heavy atom. The van der Waals surface area contributed by atoms with Crippen molar-refractivity contribution in [2.24, 2.45) is 11.8 Å². The third kappa shape index (κ3) is 5.38. The molecule has 15 heteroatoms. The zero-order chi connectivity index (χ0) is 25.2. The van der Waals surface area contributed by atoms with Gasteiger partial charge in [-0.2, -0.15) is 43.9 Å². The summed E-state index contributed by atoms with van der Waals surface area (Å²) in [5.41, 5.74) is 0. The predicted octanol–water partition coefficient (Wildman–Crippen LogP) is 5.91. The smallest absolute Gasteiger partial charge is 0.384 e. The highest BCUT2D eigenvalue weighted by Gasteiger charge is 2.87. The molecule has 0 bridgehead atoms. The second kappa shape index (κ2) is 9.43. The first-order chi connectivity index (χ1) is 13.6. The van der Waals surface area contributed by atoms with Gasteiger partial charge in [-0.05, 0) is 12.8 Å². The molecule has 184 valence electrons. The molecule has 2 atom stereocenters. The van der Waals surface area contributed by atoms with E-state index < -0.39 is 78.9 Å². The number of ketones is 1. The van der Waals surface area contributed by atoms with Crippen molar-refractivity contribution in [3.8, 4) is 0 Å². The van der Waals surface area contributed by atoms with Crippen molar-refractivity contribution in [2.45, 2.75) is 75.6 Å². The van der Waals surface area contributed by atoms with Crippen LogP contribution < -0.4 is 0 Å². The van der Waals surface area contributed by atoms with Gasteiger partial charge < -0.3 is 5.11 Å². The quantitative estimate of drug-likeness (QED) is 0.329. The van der Waals surface area contributed by atoms with Crippen LogP contribution in [0.5, 0.6) is 0 Å². The van der Waals surface area contributed by atoms with Gasteiger partial charge in [0.2, 0.25) is 0 Å². The molecule has 0 aromatic heterocycles. The van der Waals surface area contributed by atoms with E-state index in [0.29, 0.717) is 0 Å². The summed E-state index contributed by atoms with van der Waals surface area (Å²) in [6.07, 6.45) is -10.3. The summed E-state index contributed by atoms with van der Waals surface area (Å²) < 4.78 is 157. The minimum atomic E-state index is -7.63. The lowest BCUT2D eigenvalue weighted by Gasteiger charge is -2.39. The van der Waals surface area contributed by atoms with Gasteiger partial charge in [0.05, 0.1) is 5.92 Å². The minimum Gasteiger partial charge on any atom is -0.481 e. The van der Waals surface area contributed by atoms with Crippen molar-refractivity contribution in [3.63, 3.8) is 0 Å². The molecule has 31 heavy (non-hydrogen) atoms. The van der Waals surface area contributed by atoms with Gasteiger partial charge in [0.25, 0.3) is 0 Å². The third-order valence-electron chi connectivity index (χ3n) is 4.63. The fraction of sp³-hybridized carbons (Fsp3) is 0.875. The zero-order valence-corrected chi connectivity index (χ0v) is 15.9. The van der Waals surface area contributed by atoms with E-state index in [1.807, 2.05) is 0 Å². The number of aliphatic carboxylic acids is 1. The molecule has 0 heterocycles. The van der Waals surface area contributed by atoms with Crippen LogP contribution >= 0.6 is 0 Å². The van der Waals surface area contributed by atoms with Gasteiger partial charge in [-0.1, -0.05) is 13.8 Å². The molecule has 0 fully saturated rings. The maximum Gasteiger partial charge on any atom is 0.384 e. The van der Waals surface area contributed by atoms with Gasteiger partial charge in [-0.3, -0.25) is 9.59 Å². The summed E-state index contributed by atoms with van der Waals surface area (Å²) >= 11 is 0. The average Bonchev–Trinajstić information content (AvgIpc) is 2.62. The molecular weight excluding hydrogens is 468 g/mol. The highest BCUT2D eigenvalue weighted by molar-refractivity contribution is 5.81. The van der Waals surface area contributed by atoms with E-state index >= 15 is 0 Å². The van der Waals surface area contributed by atoms with E-state index in [2.05, 4.69) is 0 Å². The minimum absolute atomic E-state index is 0.173. The molecule has 0 aromatic rings. The number of Topliss-reactive ketones (excluding diaryl/α,β-unsaturated/α-hetero) is 1. The molecule has 0 aliphatic heterocycles. The first-order valence-electron chi connectivity index (χ1n) is 8.54. The molecule has 0 saturated carbocycles. The molecular formula is C16H18F12O3. The Kier molecular flexibility index (Phi) is 8.91. The van der Waals surface area contributed by atoms with Crippen molar-refractivity contribution in [1.82, 2.24) is 0 Å². The normalized spacial score (nSPS) is 16.4. The van der Waals surface area contributed by atoms with Crippen molar-refractivity contribution < 1.29 is 67.4 Å². The fourth-order valence-electron chi connectivity index (χ4n) is 2.47. The van der Waals surface area contributed by atoms with Crippen LogP contribution in [0.4, 0.5) is 52.7 Å². The Hall–Kier alpha value is -1.70. The van der Waals surface area contributed by atoms with Gasteiger partial charge in [-0.15, -0.1) is 0 Å². The molecule has 0 saturated heterocycles. The zero-order valence-electron chi connectivity index (χ0n) is 15.9. The Morgan fingerprint density at radius 2 is 1.29 bits per heavy atom. The molecule has 0 radical (unpaired) electrons. The number of rotatable bonds is 13. The highest BCUT2D eigenvalue weighted by atomic mass is 19.4. The van der Waals surface area contributed by atoms with E-state index in [1.54, 1.807) is 0 Å². The lowest BCUT2D eigenvalue weighted by atomic mass is 9.86. The summed E-state index contributed by atoms with van der Waals surface area (Å²) in [7, 11) is 0. The summed E-state index contributed by atoms with van der Waals surface area (Å²) in [5.74, 6) is -40.9. The molecule has 0 spiro atoms. The van der Waals surface area contributed by atoms with Crippen molar-refractivity contribution in [1.29, 1.82) is 0 Å². The van der Waals surface area contributed by atoms with Crippen LogP contribution in [-0.2, 0) is 9.59 Å². The number of hydrogen-bond acceptors (Lipinski definition) is 2. The van der Waals surface area contributed by atoms with E-state index in [-0.39, 0.29) is 6.42 Å². The summed E-state index contributed by atoms with van der Waals surface area (Å²) in [4.78, 5) is 22.6. The largest absolute Gasteiger partial charge is 0.481 e. The van der Waals surface area contributed by atoms with Crippen LogP contribution in [0.15, 0.2) is 0 Å². The van der Waals surface area contributed by atoms with Crippen LogP contribution in [0.1, 0.15) is 39.5 Å². The van der Waals surface area contributed by atoms with Crippen LogP contribution in [0.25, 0.3) is 0 Å². The SMILES string of the molecule is CCC(CC(C)C(=O)O)C(=O)CCC(F)(F)C(F)(F)C(F)(F)C(F)(F)C(F)(F)C(F)F. The number of carboxylic acids is 1. The predicted molar refractivity (Wildman–Crippen MR) is 80.2 cm³/mol. The van der Waals surface area contributed by atoms with Gasteiger partial charge in [0.1, 0.15) is 5.78 Å². The van der Waals surface area contributed by atoms with Crippen LogP contribution in [0, 0.1) is 11.8 Å². The number of halogens is 12. The van der Waals surface area contributed by atoms with Gasteiger partial charge >= 0.3 is 42.0 Å². The third-order valence-corrected chi connectivity index (χ3v) is 4.63. The van der Waals surface area contributed by atoms with E-state index in [4.69, 9.17) is 5.11 Å². The Balaban J connectivity index is 5.70. The maximum absolute atomic E-state index is 13.7. The topological polar surface area (TPSA) is 54.4 Å². The van der Waals surface area contributed by atoms with Crippen molar-refractivity contribution in [3.05, 3.63) is 0 Å². The number of alkyl halides is 12. The summed E-state index contributed by atoms with van der Waals surface area (Å²) in [6, 6.07) is 0. The lowest BCUT2D eigenvalue weighted by Crippen LogP contribution is -2.68. The van der Waals surface area contributed by atoms with Gasteiger partial charge in [-0.25, -0.2) is 8.78 Å². The molecule has 3 nitrogen and oxygen atoms in total. The first kappa shape index (κ1) is 29.3. The van der Waals surface area contributed by atoms with E-state index in [1.165, 1.54) is 6.92 Å². The Labute approximate surface area is 167 Å². The van der Waals surface area contributed by atoms with Crippen LogP contribution in [-0.4, -0.2) is 52.9 Å². The number of carbonyl (C=O) groups excluding carboxylic acids is 1. The van der Waals surface area contributed by atoms with Crippen molar-refractivity contribution >= 4 is 11.8 Å². The molecule has 1 N–H and O–H groups in total. The molecule has 0 aliphatic rings. The second-order valence-electron chi connectivity index (χ2n) is 6.90.